The van der Waals surface area contributed by atoms with Gasteiger partial charge in [0, 0.05) is 0 Å². The summed E-state index contributed by atoms with van der Waals surface area (Å²) in [6, 6.07) is 6.36. The quantitative estimate of drug-likeness (QED) is 0.723. The molecule has 1 unspecified atom stereocenters. The zero-order valence-corrected chi connectivity index (χ0v) is 12.9. The maximum atomic E-state index is 11.2. The second-order valence-corrected chi connectivity index (χ2v) is 5.98. The normalized spacial score (nSPS) is 16.3. The van der Waals surface area contributed by atoms with Gasteiger partial charge in [-0.15, -0.1) is 0 Å². The Bertz CT molecular complexity index is 501. The standard InChI is InChI=1S/C17H25NO3/c1-17(18-2,16(19)20)10-3-4-11-21-15-9-8-13-6-5-7-14(13)12-15/h8-9,12,18H,3-7,10-11H2,1-2H3,(H,19,20). The third-order valence-corrected chi connectivity index (χ3v) is 4.43. The van der Waals surface area contributed by atoms with E-state index in [1.165, 1.54) is 24.0 Å². The van der Waals surface area contributed by atoms with Gasteiger partial charge in [0.25, 0.3) is 0 Å². The Hall–Kier alpha value is -1.55. The summed E-state index contributed by atoms with van der Waals surface area (Å²) in [5.74, 6) is 0.134. The third-order valence-electron chi connectivity index (χ3n) is 4.43. The number of carbonyl (C=O) groups is 1. The first-order chi connectivity index (χ1) is 10.0. The second-order valence-electron chi connectivity index (χ2n) is 5.98. The second kappa shape index (κ2) is 6.94. The Labute approximate surface area is 126 Å². The number of benzene rings is 1. The molecule has 0 saturated heterocycles. The summed E-state index contributed by atoms with van der Waals surface area (Å²) in [5, 5.41) is 12.0. The summed E-state index contributed by atoms with van der Waals surface area (Å²) in [5.41, 5.74) is 2.03. The van der Waals surface area contributed by atoms with Crippen molar-refractivity contribution in [1.82, 2.24) is 5.32 Å². The molecule has 1 aromatic rings. The van der Waals surface area contributed by atoms with Crippen LogP contribution in [-0.2, 0) is 17.6 Å². The molecule has 2 rings (SSSR count). The first-order valence-corrected chi connectivity index (χ1v) is 7.72. The van der Waals surface area contributed by atoms with Crippen LogP contribution in [0.4, 0.5) is 0 Å². The zero-order valence-electron chi connectivity index (χ0n) is 12.9. The molecule has 0 heterocycles. The molecule has 1 aromatic carbocycles. The molecule has 1 atom stereocenters. The predicted octanol–water partition coefficient (Wildman–Crippen LogP) is 2.79. The molecule has 0 radical (unpaired) electrons. The number of likely N-dealkylation sites (N-methyl/N-ethyl adjacent to an activating group) is 1. The van der Waals surface area contributed by atoms with E-state index in [9.17, 15) is 4.79 Å². The van der Waals surface area contributed by atoms with Gasteiger partial charge in [0.05, 0.1) is 6.61 Å². The number of nitrogens with one attached hydrogen (secondary N) is 1. The van der Waals surface area contributed by atoms with Crippen molar-refractivity contribution in [3.05, 3.63) is 29.3 Å². The number of carboxylic acids is 1. The summed E-state index contributed by atoms with van der Waals surface area (Å²) in [6.45, 7) is 2.36. The Morgan fingerprint density at radius 1 is 1.33 bits per heavy atom. The Morgan fingerprint density at radius 2 is 2.10 bits per heavy atom. The van der Waals surface area contributed by atoms with Crippen molar-refractivity contribution in [3.63, 3.8) is 0 Å². The fraction of sp³-hybridized carbons (Fsp3) is 0.588. The van der Waals surface area contributed by atoms with E-state index in [1.54, 1.807) is 14.0 Å². The van der Waals surface area contributed by atoms with Crippen molar-refractivity contribution in [2.45, 2.75) is 51.0 Å². The zero-order chi connectivity index (χ0) is 15.3. The number of ether oxygens (including phenoxy) is 1. The lowest BCUT2D eigenvalue weighted by atomic mass is 9.95. The summed E-state index contributed by atoms with van der Waals surface area (Å²) in [6.07, 6.45) is 5.89. The smallest absolute Gasteiger partial charge is 0.323 e. The van der Waals surface area contributed by atoms with Gasteiger partial charge in [-0.1, -0.05) is 6.07 Å². The number of hydrogen-bond donors (Lipinski definition) is 2. The Morgan fingerprint density at radius 3 is 2.81 bits per heavy atom. The van der Waals surface area contributed by atoms with E-state index >= 15 is 0 Å². The summed E-state index contributed by atoms with van der Waals surface area (Å²) >= 11 is 0. The van der Waals surface area contributed by atoms with E-state index in [-0.39, 0.29) is 0 Å². The molecule has 0 amide bonds. The molecule has 0 spiro atoms. The summed E-state index contributed by atoms with van der Waals surface area (Å²) in [4.78, 5) is 11.2. The van der Waals surface area contributed by atoms with E-state index in [1.807, 2.05) is 6.07 Å². The van der Waals surface area contributed by atoms with E-state index < -0.39 is 11.5 Å². The highest BCUT2D eigenvalue weighted by molar-refractivity contribution is 5.78. The lowest BCUT2D eigenvalue weighted by molar-refractivity contribution is -0.144. The highest BCUT2D eigenvalue weighted by atomic mass is 16.5. The van der Waals surface area contributed by atoms with Crippen LogP contribution < -0.4 is 10.1 Å². The number of aliphatic carboxylic acids is 1. The SMILES string of the molecule is CNC(C)(CCCCOc1ccc2c(c1)CCC2)C(=O)O. The number of unbranched alkanes of at least 4 members (excludes halogenated alkanes) is 1. The molecule has 21 heavy (non-hydrogen) atoms. The van der Waals surface area contributed by atoms with Gasteiger partial charge in [0.1, 0.15) is 11.3 Å². The monoisotopic (exact) mass is 291 g/mol. The van der Waals surface area contributed by atoms with E-state index in [4.69, 9.17) is 9.84 Å². The molecule has 0 bridgehead atoms. The molecular formula is C17H25NO3. The fourth-order valence-corrected chi connectivity index (χ4v) is 2.75. The van der Waals surface area contributed by atoms with E-state index in [0.29, 0.717) is 13.0 Å². The average molecular weight is 291 g/mol. The number of carboxylic acid groups (broad SMARTS) is 1. The molecule has 2 N–H and O–H groups in total. The molecular weight excluding hydrogens is 266 g/mol. The molecule has 1 aliphatic carbocycles. The minimum absolute atomic E-state index is 0.604. The van der Waals surface area contributed by atoms with Gasteiger partial charge in [-0.2, -0.15) is 0 Å². The molecule has 0 aromatic heterocycles. The Kier molecular flexibility index (Phi) is 5.23. The number of hydrogen-bond acceptors (Lipinski definition) is 3. The van der Waals surface area contributed by atoms with Gasteiger partial charge in [-0.3, -0.25) is 4.79 Å². The first-order valence-electron chi connectivity index (χ1n) is 7.72. The van der Waals surface area contributed by atoms with Crippen LogP contribution >= 0.6 is 0 Å². The first kappa shape index (κ1) is 15.8. The van der Waals surface area contributed by atoms with Gasteiger partial charge in [0.2, 0.25) is 0 Å². The van der Waals surface area contributed by atoms with Gasteiger partial charge in [-0.25, -0.2) is 0 Å². The average Bonchev–Trinajstić information content (AvgIpc) is 2.94. The van der Waals surface area contributed by atoms with Crippen LogP contribution in [-0.4, -0.2) is 30.3 Å². The van der Waals surface area contributed by atoms with Crippen molar-refractivity contribution in [2.24, 2.45) is 0 Å². The largest absolute Gasteiger partial charge is 0.494 e. The highest BCUT2D eigenvalue weighted by Crippen LogP contribution is 2.26. The lowest BCUT2D eigenvalue weighted by Gasteiger charge is -2.23. The van der Waals surface area contributed by atoms with Crippen molar-refractivity contribution in [1.29, 1.82) is 0 Å². The molecule has 116 valence electrons. The van der Waals surface area contributed by atoms with Crippen LogP contribution in [0.5, 0.6) is 5.75 Å². The van der Waals surface area contributed by atoms with Gasteiger partial charge >= 0.3 is 5.97 Å². The predicted molar refractivity (Wildman–Crippen MR) is 82.9 cm³/mol. The maximum Gasteiger partial charge on any atom is 0.323 e. The number of fused-ring (bicyclic) bond motifs is 1. The fourth-order valence-electron chi connectivity index (χ4n) is 2.75. The van der Waals surface area contributed by atoms with Crippen molar-refractivity contribution >= 4 is 5.97 Å². The van der Waals surface area contributed by atoms with Crippen molar-refractivity contribution in [3.8, 4) is 5.75 Å². The van der Waals surface area contributed by atoms with Crippen LogP contribution in [0.3, 0.4) is 0 Å². The minimum Gasteiger partial charge on any atom is -0.494 e. The minimum atomic E-state index is -0.840. The van der Waals surface area contributed by atoms with E-state index in [2.05, 4.69) is 17.4 Å². The molecule has 4 nitrogen and oxygen atoms in total. The van der Waals surface area contributed by atoms with Gasteiger partial charge in [0.15, 0.2) is 0 Å². The van der Waals surface area contributed by atoms with Crippen molar-refractivity contribution < 1.29 is 14.6 Å². The maximum absolute atomic E-state index is 11.2. The van der Waals surface area contributed by atoms with Crippen LogP contribution in [0.15, 0.2) is 18.2 Å². The number of rotatable bonds is 8. The topological polar surface area (TPSA) is 58.6 Å². The molecule has 1 aliphatic rings. The molecule has 0 saturated carbocycles. The van der Waals surface area contributed by atoms with Crippen LogP contribution in [0.2, 0.25) is 0 Å². The van der Waals surface area contributed by atoms with Crippen LogP contribution in [0.1, 0.15) is 43.7 Å². The van der Waals surface area contributed by atoms with Crippen molar-refractivity contribution in [2.75, 3.05) is 13.7 Å². The van der Waals surface area contributed by atoms with Gasteiger partial charge in [-0.05, 0) is 75.8 Å². The third kappa shape index (κ3) is 3.97. The highest BCUT2D eigenvalue weighted by Gasteiger charge is 2.30. The van der Waals surface area contributed by atoms with Crippen LogP contribution in [0.25, 0.3) is 0 Å². The molecule has 0 fully saturated rings. The Balaban J connectivity index is 1.72. The molecule has 4 heteroatoms. The van der Waals surface area contributed by atoms with E-state index in [0.717, 1.165) is 25.0 Å². The van der Waals surface area contributed by atoms with Crippen LogP contribution in [0, 0.1) is 0 Å². The lowest BCUT2D eigenvalue weighted by Crippen LogP contribution is -2.47. The van der Waals surface area contributed by atoms with Gasteiger partial charge < -0.3 is 15.2 Å². The summed E-state index contributed by atoms with van der Waals surface area (Å²) in [7, 11) is 1.69. The summed E-state index contributed by atoms with van der Waals surface area (Å²) < 4.78 is 5.77. The molecule has 0 aliphatic heterocycles. The number of aryl methyl sites for hydroxylation is 2.